The fourth-order valence-corrected chi connectivity index (χ4v) is 3.96. The summed E-state index contributed by atoms with van der Waals surface area (Å²) in [5, 5.41) is 5.29. The van der Waals surface area contributed by atoms with Crippen molar-refractivity contribution in [3.05, 3.63) is 42.5 Å². The summed E-state index contributed by atoms with van der Waals surface area (Å²) in [6.45, 7) is 3.26. The molecule has 0 saturated carbocycles. The molecule has 3 rings (SSSR count). The van der Waals surface area contributed by atoms with Crippen molar-refractivity contribution in [1.29, 1.82) is 0 Å². The van der Waals surface area contributed by atoms with E-state index in [1.807, 2.05) is 0 Å². The normalized spacial score (nSPS) is 12.7. The van der Waals surface area contributed by atoms with Crippen LogP contribution < -0.4 is 24.4 Å². The van der Waals surface area contributed by atoms with Crippen molar-refractivity contribution in [2.75, 3.05) is 40.5 Å². The summed E-state index contributed by atoms with van der Waals surface area (Å²) < 4.78 is 37.3. The molecule has 10 heteroatoms. The number of amides is 2. The van der Waals surface area contributed by atoms with Gasteiger partial charge in [-0.15, -0.1) is 0 Å². The van der Waals surface area contributed by atoms with Crippen molar-refractivity contribution in [3.63, 3.8) is 0 Å². The minimum absolute atomic E-state index is 0.174. The Morgan fingerprint density at radius 3 is 2.33 bits per heavy atom. The number of nitrogens with one attached hydrogen (secondary N) is 2. The van der Waals surface area contributed by atoms with Gasteiger partial charge >= 0.3 is 0 Å². The van der Waals surface area contributed by atoms with Gasteiger partial charge in [0.2, 0.25) is 21.8 Å². The minimum Gasteiger partial charge on any atom is -0.486 e. The van der Waals surface area contributed by atoms with Gasteiger partial charge in [-0.1, -0.05) is 6.07 Å². The second kappa shape index (κ2) is 9.04. The average Bonchev–Trinajstić information content (AvgIpc) is 2.71. The fourth-order valence-electron chi connectivity index (χ4n) is 2.90. The molecule has 0 spiro atoms. The zero-order valence-electron chi connectivity index (χ0n) is 16.7. The van der Waals surface area contributed by atoms with Crippen LogP contribution in [-0.2, 0) is 19.6 Å². The Hall–Kier alpha value is -3.27. The molecule has 0 atom stereocenters. The molecule has 30 heavy (non-hydrogen) atoms. The van der Waals surface area contributed by atoms with Gasteiger partial charge in [-0.05, 0) is 37.3 Å². The molecule has 0 fully saturated rings. The second-order valence-corrected chi connectivity index (χ2v) is 8.73. The monoisotopic (exact) mass is 433 g/mol. The van der Waals surface area contributed by atoms with Crippen molar-refractivity contribution in [2.24, 2.45) is 0 Å². The Morgan fingerprint density at radius 1 is 1.00 bits per heavy atom. The Balaban J connectivity index is 1.81. The van der Waals surface area contributed by atoms with E-state index in [1.165, 1.54) is 13.8 Å². The maximum Gasteiger partial charge on any atom is 0.245 e. The van der Waals surface area contributed by atoms with Crippen LogP contribution >= 0.6 is 0 Å². The number of ether oxygens (including phenoxy) is 2. The lowest BCUT2D eigenvalue weighted by atomic mass is 10.2. The summed E-state index contributed by atoms with van der Waals surface area (Å²) >= 11 is 0. The smallest absolute Gasteiger partial charge is 0.245 e. The van der Waals surface area contributed by atoms with E-state index in [-0.39, 0.29) is 11.7 Å². The lowest BCUT2D eigenvalue weighted by Gasteiger charge is -2.25. The zero-order chi connectivity index (χ0) is 21.7. The number of rotatable bonds is 7. The number of sulfonamides is 1. The van der Waals surface area contributed by atoms with Crippen LogP contribution in [0.5, 0.6) is 11.5 Å². The van der Waals surface area contributed by atoms with Gasteiger partial charge in [-0.2, -0.15) is 0 Å². The zero-order valence-corrected chi connectivity index (χ0v) is 17.5. The molecule has 1 aliphatic rings. The van der Waals surface area contributed by atoms with Crippen molar-refractivity contribution < 1.29 is 27.5 Å². The Bertz CT molecular complexity index is 1050. The number of anilines is 3. The number of carbonyl (C=O) groups excluding carboxylic acids is 2. The van der Waals surface area contributed by atoms with Gasteiger partial charge in [-0.25, -0.2) is 8.42 Å². The van der Waals surface area contributed by atoms with Gasteiger partial charge in [-0.3, -0.25) is 13.9 Å². The molecular formula is C20H23N3O6S. The lowest BCUT2D eigenvalue weighted by molar-refractivity contribution is -0.115. The van der Waals surface area contributed by atoms with Crippen LogP contribution in [0.2, 0.25) is 0 Å². The topological polar surface area (TPSA) is 114 Å². The van der Waals surface area contributed by atoms with E-state index in [0.717, 1.165) is 4.31 Å². The third kappa shape index (κ3) is 5.20. The molecule has 2 N–H and O–H groups in total. The first-order chi connectivity index (χ1) is 14.3. The predicted molar refractivity (Wildman–Crippen MR) is 114 cm³/mol. The number of carbonyl (C=O) groups is 2. The summed E-state index contributed by atoms with van der Waals surface area (Å²) in [6.07, 6.45) is 0. The number of nitrogens with zero attached hydrogens (tertiary/aromatic N) is 1. The van der Waals surface area contributed by atoms with Crippen LogP contribution in [0, 0.1) is 0 Å². The summed E-state index contributed by atoms with van der Waals surface area (Å²) in [6, 6.07) is 11.3. The van der Waals surface area contributed by atoms with E-state index >= 15 is 0 Å². The number of hydrogen-bond acceptors (Lipinski definition) is 6. The van der Waals surface area contributed by atoms with Crippen molar-refractivity contribution in [1.82, 2.24) is 0 Å². The van der Waals surface area contributed by atoms with Gasteiger partial charge in [0, 0.05) is 24.4 Å². The van der Waals surface area contributed by atoms with E-state index in [0.29, 0.717) is 41.8 Å². The molecule has 0 bridgehead atoms. The first-order valence-corrected chi connectivity index (χ1v) is 11.0. The fraction of sp³-hybridized carbons (Fsp3) is 0.300. The molecule has 9 nitrogen and oxygen atoms in total. The maximum absolute atomic E-state index is 12.7. The minimum atomic E-state index is -3.73. The molecule has 0 aliphatic carbocycles. The largest absolute Gasteiger partial charge is 0.486 e. The third-order valence-corrected chi connectivity index (χ3v) is 6.01. The highest BCUT2D eigenvalue weighted by molar-refractivity contribution is 7.92. The van der Waals surface area contributed by atoms with Crippen molar-refractivity contribution in [3.8, 4) is 11.5 Å². The molecule has 2 aromatic carbocycles. The molecule has 160 valence electrons. The van der Waals surface area contributed by atoms with Crippen LogP contribution in [-0.4, -0.2) is 45.7 Å². The van der Waals surface area contributed by atoms with Crippen LogP contribution in [0.1, 0.15) is 13.8 Å². The average molecular weight is 433 g/mol. The van der Waals surface area contributed by atoms with Gasteiger partial charge < -0.3 is 20.1 Å². The number of benzene rings is 2. The Labute approximate surface area is 175 Å². The van der Waals surface area contributed by atoms with Crippen molar-refractivity contribution in [2.45, 2.75) is 13.8 Å². The molecule has 2 aromatic rings. The SMILES string of the molecule is CCS(=O)(=O)N(CC(=O)Nc1cccc(NC(C)=O)c1)c1ccc2c(c1)OCCO2. The van der Waals surface area contributed by atoms with Crippen LogP contribution in [0.3, 0.4) is 0 Å². The van der Waals surface area contributed by atoms with E-state index < -0.39 is 22.5 Å². The van der Waals surface area contributed by atoms with Gasteiger partial charge in [0.1, 0.15) is 19.8 Å². The molecule has 1 heterocycles. The molecule has 0 saturated heterocycles. The Morgan fingerprint density at radius 2 is 1.67 bits per heavy atom. The first-order valence-electron chi connectivity index (χ1n) is 9.36. The molecule has 0 radical (unpaired) electrons. The summed E-state index contributed by atoms with van der Waals surface area (Å²) in [5.41, 5.74) is 1.26. The molecule has 0 unspecified atom stereocenters. The van der Waals surface area contributed by atoms with Crippen LogP contribution in [0.4, 0.5) is 17.1 Å². The first kappa shape index (κ1) is 21.4. The summed E-state index contributed by atoms with van der Waals surface area (Å²) in [7, 11) is -3.73. The van der Waals surface area contributed by atoms with Gasteiger partial charge in [0.15, 0.2) is 11.5 Å². The van der Waals surface area contributed by atoms with E-state index in [9.17, 15) is 18.0 Å². The standard InChI is InChI=1S/C20H23N3O6S/c1-3-30(26,27)23(17-7-8-18-19(12-17)29-10-9-28-18)13-20(25)22-16-6-4-5-15(11-16)21-14(2)24/h4-8,11-12H,3,9-10,13H2,1-2H3,(H,21,24)(H,22,25). The van der Waals surface area contributed by atoms with E-state index in [4.69, 9.17) is 9.47 Å². The highest BCUT2D eigenvalue weighted by Gasteiger charge is 2.25. The van der Waals surface area contributed by atoms with E-state index in [2.05, 4.69) is 10.6 Å². The number of hydrogen-bond donors (Lipinski definition) is 2. The van der Waals surface area contributed by atoms with Crippen molar-refractivity contribution >= 4 is 38.9 Å². The molecular weight excluding hydrogens is 410 g/mol. The predicted octanol–water partition coefficient (Wildman–Crippen LogP) is 2.21. The van der Waals surface area contributed by atoms with Gasteiger partial charge in [0.05, 0.1) is 11.4 Å². The maximum atomic E-state index is 12.7. The highest BCUT2D eigenvalue weighted by Crippen LogP contribution is 2.34. The molecule has 2 amide bonds. The quantitative estimate of drug-likeness (QED) is 0.692. The van der Waals surface area contributed by atoms with E-state index in [1.54, 1.807) is 42.5 Å². The summed E-state index contributed by atoms with van der Waals surface area (Å²) in [4.78, 5) is 23.8. The summed E-state index contributed by atoms with van der Waals surface area (Å²) in [5.74, 6) is 0.0166. The highest BCUT2D eigenvalue weighted by atomic mass is 32.2. The third-order valence-electron chi connectivity index (χ3n) is 4.27. The number of fused-ring (bicyclic) bond motifs is 1. The van der Waals surface area contributed by atoms with Gasteiger partial charge in [0.25, 0.3) is 0 Å². The van der Waals surface area contributed by atoms with Crippen LogP contribution in [0.15, 0.2) is 42.5 Å². The molecule has 1 aliphatic heterocycles. The second-order valence-electron chi connectivity index (χ2n) is 6.55. The van der Waals surface area contributed by atoms with Crippen LogP contribution in [0.25, 0.3) is 0 Å². The lowest BCUT2D eigenvalue weighted by Crippen LogP contribution is -2.39. The Kier molecular flexibility index (Phi) is 6.46. The molecule has 0 aromatic heterocycles.